The second-order valence-corrected chi connectivity index (χ2v) is 17.4. The van der Waals surface area contributed by atoms with E-state index in [0.29, 0.717) is 29.4 Å². The second kappa shape index (κ2) is 22.3. The van der Waals surface area contributed by atoms with Crippen LogP contribution >= 0.6 is 0 Å². The summed E-state index contributed by atoms with van der Waals surface area (Å²) in [5, 5.41) is 50.9. The van der Waals surface area contributed by atoms with E-state index < -0.39 is 5.97 Å². The fourth-order valence-electron chi connectivity index (χ4n) is 10.5. The highest BCUT2D eigenvalue weighted by Gasteiger charge is 2.46. The van der Waals surface area contributed by atoms with Crippen LogP contribution < -0.4 is 9.47 Å². The molecule has 0 heterocycles. The number of aliphatic hydroxyl groups is 4. The molecule has 6 rings (SSSR count). The maximum Gasteiger partial charge on any atom is 0.343 e. The number of esters is 1. The molecule has 4 aliphatic rings. The van der Waals surface area contributed by atoms with E-state index in [1.54, 1.807) is 0 Å². The van der Waals surface area contributed by atoms with E-state index >= 15 is 0 Å². The molecule has 10 atom stereocenters. The Morgan fingerprint density at radius 1 is 0.667 bits per heavy atom. The summed E-state index contributed by atoms with van der Waals surface area (Å²) in [5.74, 6) is 2.29. The van der Waals surface area contributed by atoms with Gasteiger partial charge in [0, 0.05) is 0 Å². The molecule has 4 aliphatic carbocycles. The third-order valence-electron chi connectivity index (χ3n) is 13.6. The largest absolute Gasteiger partial charge is 0.482 e. The molecule has 2 fully saturated rings. The first-order valence-electron chi connectivity index (χ1n) is 22.0. The van der Waals surface area contributed by atoms with Gasteiger partial charge in [-0.25, -0.2) is 9.59 Å². The van der Waals surface area contributed by atoms with Crippen molar-refractivity contribution in [2.45, 2.75) is 154 Å². The average molecular weight is 795 g/mol. The number of carboxylic acids is 1. The van der Waals surface area contributed by atoms with E-state index in [2.05, 4.69) is 30.7 Å². The van der Waals surface area contributed by atoms with E-state index in [4.69, 9.17) is 14.6 Å². The monoisotopic (exact) mass is 794 g/mol. The Morgan fingerprint density at radius 3 is 1.54 bits per heavy atom. The molecule has 0 amide bonds. The maximum absolute atomic E-state index is 11.4. The number of hydrogen-bond donors (Lipinski definition) is 5. The summed E-state index contributed by atoms with van der Waals surface area (Å²) in [7, 11) is 1.36. The van der Waals surface area contributed by atoms with Crippen molar-refractivity contribution in [2.24, 2.45) is 35.5 Å². The maximum atomic E-state index is 11.4. The molecular weight excluding hydrogens is 725 g/mol. The number of carboxylic acid groups (broad SMARTS) is 1. The topological polar surface area (TPSA) is 163 Å². The van der Waals surface area contributed by atoms with Crippen LogP contribution in [-0.2, 0) is 40.0 Å². The number of methoxy groups -OCH3 is 1. The van der Waals surface area contributed by atoms with Gasteiger partial charge in [-0.15, -0.1) is 0 Å². The van der Waals surface area contributed by atoms with Gasteiger partial charge in [-0.3, -0.25) is 0 Å². The van der Waals surface area contributed by atoms with Gasteiger partial charge in [0.05, 0.1) is 31.5 Å². The van der Waals surface area contributed by atoms with Crippen LogP contribution in [0.5, 0.6) is 11.5 Å². The normalized spacial score (nSPS) is 26.8. The molecule has 2 aromatic carbocycles. The predicted octanol–water partition coefficient (Wildman–Crippen LogP) is 7.25. The highest BCUT2D eigenvalue weighted by Crippen LogP contribution is 2.50. The van der Waals surface area contributed by atoms with E-state index in [0.717, 1.165) is 114 Å². The molecular formula is C47H70O10. The third kappa shape index (κ3) is 12.4. The van der Waals surface area contributed by atoms with Crippen LogP contribution in [0.15, 0.2) is 36.4 Å². The molecule has 0 aliphatic heterocycles. The lowest BCUT2D eigenvalue weighted by Crippen LogP contribution is -2.28. The van der Waals surface area contributed by atoms with Crippen molar-refractivity contribution in [3.8, 4) is 11.5 Å². The van der Waals surface area contributed by atoms with Crippen LogP contribution in [0.4, 0.5) is 0 Å². The number of carbonyl (C=O) groups is 2. The SMILES string of the molecule is CCCCC[C@H](O)CC[C@@H]1[C@H]2Cc3cccc(OCC(=O)O)c3C[C@H]2C[C@H]1O.CCCCC[C@H](O)CC[C@@H]1[C@H]2Cc3cccc(OCC(=O)OC)c3C[C@H]2C[C@H]1O. The standard InChI is InChI=1S/C24H36O5.C23H34O5/c1-3-4-5-8-18(25)10-11-19-20-12-16-7-6-9-23(29-15-24(27)28-2)21(16)13-17(20)14-22(19)26;1-2-3-4-7-17(24)9-10-18-19-11-15-6-5-8-22(28-14-23(26)27)20(15)12-16(19)13-21(18)25/h6-7,9,17-20,22,25-26H,3-5,8,10-15H2,1-2H3;5-6,8,16-19,21,24-25H,2-4,7,9-14H2,1H3,(H,26,27)/t17-,18-,19+,20-,22+;16-,17-,18+,19-,21+/m00/s1. The molecule has 318 valence electrons. The Bertz CT molecular complexity index is 1560. The van der Waals surface area contributed by atoms with E-state index in [1.165, 1.54) is 36.6 Å². The number of ether oxygens (including phenoxy) is 3. The molecule has 0 radical (unpaired) electrons. The van der Waals surface area contributed by atoms with Crippen molar-refractivity contribution >= 4 is 11.9 Å². The first-order chi connectivity index (χ1) is 27.5. The van der Waals surface area contributed by atoms with Gasteiger partial charge in [0.1, 0.15) is 11.5 Å². The fourth-order valence-corrected chi connectivity index (χ4v) is 10.5. The molecule has 10 nitrogen and oxygen atoms in total. The molecule has 0 spiro atoms. The summed E-state index contributed by atoms with van der Waals surface area (Å²) < 4.78 is 15.9. The molecule has 0 unspecified atom stereocenters. The van der Waals surface area contributed by atoms with Gasteiger partial charge in [0.15, 0.2) is 13.2 Å². The van der Waals surface area contributed by atoms with Crippen molar-refractivity contribution in [2.75, 3.05) is 20.3 Å². The number of unbranched alkanes of at least 4 members (excludes halogenated alkanes) is 4. The first-order valence-corrected chi connectivity index (χ1v) is 22.0. The fraction of sp³-hybridized carbons (Fsp3) is 0.702. The number of aliphatic carboxylic acids is 1. The van der Waals surface area contributed by atoms with Gasteiger partial charge >= 0.3 is 11.9 Å². The van der Waals surface area contributed by atoms with Crippen molar-refractivity contribution in [3.63, 3.8) is 0 Å². The van der Waals surface area contributed by atoms with Gasteiger partial charge < -0.3 is 39.7 Å². The summed E-state index contributed by atoms with van der Waals surface area (Å²) in [5.41, 5.74) is 4.76. The Labute approximate surface area is 340 Å². The number of rotatable bonds is 20. The highest BCUT2D eigenvalue weighted by molar-refractivity contribution is 5.71. The third-order valence-corrected chi connectivity index (χ3v) is 13.6. The van der Waals surface area contributed by atoms with Crippen LogP contribution in [0.2, 0.25) is 0 Å². The molecule has 0 aromatic heterocycles. The Kier molecular flexibility index (Phi) is 17.5. The smallest absolute Gasteiger partial charge is 0.343 e. The molecule has 2 saturated carbocycles. The van der Waals surface area contributed by atoms with Crippen molar-refractivity contribution in [1.82, 2.24) is 0 Å². The lowest BCUT2D eigenvalue weighted by atomic mass is 9.73. The lowest BCUT2D eigenvalue weighted by Gasteiger charge is -2.32. The van der Waals surface area contributed by atoms with E-state index in [1.807, 2.05) is 24.3 Å². The Balaban J connectivity index is 0.000000218. The summed E-state index contributed by atoms with van der Waals surface area (Å²) >= 11 is 0. The zero-order valence-electron chi connectivity index (χ0n) is 34.7. The summed E-state index contributed by atoms with van der Waals surface area (Å²) in [6, 6.07) is 11.9. The lowest BCUT2D eigenvalue weighted by molar-refractivity contribution is -0.143. The first kappa shape index (κ1) is 44.9. The summed E-state index contributed by atoms with van der Waals surface area (Å²) in [4.78, 5) is 22.3. The summed E-state index contributed by atoms with van der Waals surface area (Å²) in [6.45, 7) is 3.93. The minimum atomic E-state index is -0.972. The molecule has 0 saturated heterocycles. The highest BCUT2D eigenvalue weighted by atomic mass is 16.6. The van der Waals surface area contributed by atoms with Crippen molar-refractivity contribution in [1.29, 1.82) is 0 Å². The average Bonchev–Trinajstić information content (AvgIpc) is 3.68. The van der Waals surface area contributed by atoms with Crippen LogP contribution in [0.3, 0.4) is 0 Å². The number of carbonyl (C=O) groups excluding carboxylic acids is 1. The predicted molar refractivity (Wildman–Crippen MR) is 219 cm³/mol. The van der Waals surface area contributed by atoms with Crippen LogP contribution in [-0.4, -0.2) is 82.2 Å². The van der Waals surface area contributed by atoms with Crippen LogP contribution in [0, 0.1) is 35.5 Å². The van der Waals surface area contributed by atoms with Gasteiger partial charge in [0.2, 0.25) is 0 Å². The molecule has 10 heteroatoms. The van der Waals surface area contributed by atoms with E-state index in [-0.39, 0.29) is 55.4 Å². The number of benzene rings is 2. The van der Waals surface area contributed by atoms with Gasteiger partial charge in [-0.2, -0.15) is 0 Å². The zero-order chi connectivity index (χ0) is 40.9. The molecule has 57 heavy (non-hydrogen) atoms. The Hall–Kier alpha value is -3.18. The van der Waals surface area contributed by atoms with Gasteiger partial charge in [0.25, 0.3) is 0 Å². The molecule has 5 N–H and O–H groups in total. The minimum absolute atomic E-state index is 0.0811. The second-order valence-electron chi connectivity index (χ2n) is 17.4. The van der Waals surface area contributed by atoms with Crippen molar-refractivity contribution < 1.29 is 49.3 Å². The minimum Gasteiger partial charge on any atom is -0.482 e. The van der Waals surface area contributed by atoms with Crippen LogP contribution in [0.1, 0.15) is 126 Å². The number of hydrogen-bond acceptors (Lipinski definition) is 9. The zero-order valence-corrected chi connectivity index (χ0v) is 34.7. The number of aliphatic hydroxyl groups excluding tert-OH is 4. The van der Waals surface area contributed by atoms with Crippen molar-refractivity contribution in [3.05, 3.63) is 58.7 Å². The van der Waals surface area contributed by atoms with Gasteiger partial charge in [-0.05, 0) is 147 Å². The Morgan fingerprint density at radius 2 is 1.12 bits per heavy atom. The van der Waals surface area contributed by atoms with E-state index in [9.17, 15) is 30.0 Å². The van der Waals surface area contributed by atoms with Gasteiger partial charge in [-0.1, -0.05) is 76.6 Å². The molecule has 0 bridgehead atoms. The van der Waals surface area contributed by atoms with Crippen LogP contribution in [0.25, 0.3) is 0 Å². The summed E-state index contributed by atoms with van der Waals surface area (Å²) in [6.07, 6.45) is 15.9. The quantitative estimate of drug-likeness (QED) is 0.0682. The number of fused-ring (bicyclic) bond motifs is 4. The molecule has 2 aromatic rings.